The van der Waals surface area contributed by atoms with E-state index in [0.29, 0.717) is 24.5 Å². The molecule has 15 heavy (non-hydrogen) atoms. The van der Waals surface area contributed by atoms with E-state index in [1.54, 1.807) is 0 Å². The van der Waals surface area contributed by atoms with E-state index in [1.807, 2.05) is 30.3 Å². The Hall–Kier alpha value is -1.32. The molecule has 4 nitrogen and oxygen atoms in total. The second-order valence-electron chi connectivity index (χ2n) is 3.08. The van der Waals surface area contributed by atoms with Crippen LogP contribution in [0.1, 0.15) is 12.0 Å². The van der Waals surface area contributed by atoms with Crippen LogP contribution in [-0.4, -0.2) is 16.5 Å². The van der Waals surface area contributed by atoms with Gasteiger partial charge in [0, 0.05) is 33.8 Å². The van der Waals surface area contributed by atoms with Crippen molar-refractivity contribution in [3.05, 3.63) is 46.3 Å². The summed E-state index contributed by atoms with van der Waals surface area (Å²) in [6.45, 7) is 0.428. The first-order valence-corrected chi connectivity index (χ1v) is 6.21. The molecular weight excluding hydrogens is 210 g/mol. The maximum absolute atomic E-state index is 11.6. The number of hydrogen-bond acceptors (Lipinski definition) is 2. The van der Waals surface area contributed by atoms with E-state index < -0.39 is 10.8 Å². The molecule has 1 aromatic rings. The fraction of sp³-hybridized carbons (Fsp3) is 0.400. The highest BCUT2D eigenvalue weighted by molar-refractivity contribution is 7.84. The molecule has 0 bridgehead atoms. The summed E-state index contributed by atoms with van der Waals surface area (Å²) in [5.74, 6) is 1.17. The van der Waals surface area contributed by atoms with Gasteiger partial charge in [-0.3, -0.25) is 4.21 Å². The lowest BCUT2D eigenvalue weighted by Gasteiger charge is -2.00. The minimum absolute atomic E-state index is 0.428. The van der Waals surface area contributed by atoms with Gasteiger partial charge < -0.3 is 0 Å². The molecule has 0 heterocycles. The van der Waals surface area contributed by atoms with Gasteiger partial charge in [0.1, 0.15) is 0 Å². The lowest BCUT2D eigenvalue weighted by atomic mass is 10.2. The first kappa shape index (κ1) is 11.8. The molecule has 1 unspecified atom stereocenters. The Morgan fingerprint density at radius 1 is 1.33 bits per heavy atom. The van der Waals surface area contributed by atoms with Gasteiger partial charge in [0.25, 0.3) is 0 Å². The van der Waals surface area contributed by atoms with Gasteiger partial charge in [-0.2, -0.15) is 0 Å². The van der Waals surface area contributed by atoms with Crippen molar-refractivity contribution in [3.63, 3.8) is 0 Å². The molecule has 0 spiro atoms. The summed E-state index contributed by atoms with van der Waals surface area (Å²) < 4.78 is 11.6. The van der Waals surface area contributed by atoms with Crippen LogP contribution < -0.4 is 0 Å². The van der Waals surface area contributed by atoms with E-state index in [4.69, 9.17) is 5.53 Å². The van der Waals surface area contributed by atoms with Crippen molar-refractivity contribution < 1.29 is 4.21 Å². The highest BCUT2D eigenvalue weighted by Gasteiger charge is 2.00. The van der Waals surface area contributed by atoms with Crippen LogP contribution in [0.3, 0.4) is 0 Å². The first-order chi connectivity index (χ1) is 7.33. The smallest absolute Gasteiger partial charge is 0.0485 e. The van der Waals surface area contributed by atoms with Gasteiger partial charge in [-0.15, -0.1) is 0 Å². The zero-order chi connectivity index (χ0) is 10.9. The van der Waals surface area contributed by atoms with Crippen molar-refractivity contribution in [2.75, 3.05) is 12.3 Å². The molecule has 0 radical (unpaired) electrons. The van der Waals surface area contributed by atoms with Gasteiger partial charge in [-0.1, -0.05) is 35.4 Å². The van der Waals surface area contributed by atoms with Crippen molar-refractivity contribution in [2.45, 2.75) is 12.2 Å². The molecule has 0 amide bonds. The lowest BCUT2D eigenvalue weighted by Crippen LogP contribution is -2.02. The molecule has 0 fully saturated rings. The van der Waals surface area contributed by atoms with E-state index in [0.717, 1.165) is 5.56 Å². The van der Waals surface area contributed by atoms with Gasteiger partial charge in [0.05, 0.1) is 0 Å². The van der Waals surface area contributed by atoms with E-state index in [1.165, 1.54) is 0 Å². The lowest BCUT2D eigenvalue weighted by molar-refractivity contribution is 0.680. The number of benzene rings is 1. The molecule has 80 valence electrons. The minimum atomic E-state index is -0.858. The molecule has 1 rings (SSSR count). The second-order valence-corrected chi connectivity index (χ2v) is 4.66. The quantitative estimate of drug-likeness (QED) is 0.316. The topological polar surface area (TPSA) is 65.8 Å². The highest BCUT2D eigenvalue weighted by Crippen LogP contribution is 2.03. The van der Waals surface area contributed by atoms with E-state index in [-0.39, 0.29) is 0 Å². The summed E-state index contributed by atoms with van der Waals surface area (Å²) in [7, 11) is -0.858. The molecule has 0 aliphatic carbocycles. The van der Waals surface area contributed by atoms with Crippen LogP contribution in [-0.2, 0) is 16.6 Å². The monoisotopic (exact) mass is 223 g/mol. The zero-order valence-electron chi connectivity index (χ0n) is 8.37. The van der Waals surface area contributed by atoms with Crippen LogP contribution in [0.2, 0.25) is 0 Å². The van der Waals surface area contributed by atoms with Gasteiger partial charge in [-0.25, -0.2) is 0 Å². The molecule has 0 aliphatic rings. The predicted molar refractivity (Wildman–Crippen MR) is 61.8 cm³/mol. The summed E-state index contributed by atoms with van der Waals surface area (Å²) in [4.78, 5) is 2.64. The summed E-state index contributed by atoms with van der Waals surface area (Å²) >= 11 is 0. The van der Waals surface area contributed by atoms with Crippen molar-refractivity contribution in [2.24, 2.45) is 5.11 Å². The Labute approximate surface area is 91.4 Å². The molecule has 0 aliphatic heterocycles. The Bertz CT molecular complexity index is 360. The van der Waals surface area contributed by atoms with Crippen LogP contribution in [0.15, 0.2) is 35.4 Å². The van der Waals surface area contributed by atoms with Crippen molar-refractivity contribution in [1.82, 2.24) is 0 Å². The summed E-state index contributed by atoms with van der Waals surface area (Å²) in [6.07, 6.45) is 0.684. The van der Waals surface area contributed by atoms with Gasteiger partial charge in [0.15, 0.2) is 0 Å². The van der Waals surface area contributed by atoms with E-state index in [2.05, 4.69) is 10.0 Å². The van der Waals surface area contributed by atoms with E-state index in [9.17, 15) is 4.21 Å². The molecule has 0 aromatic heterocycles. The summed E-state index contributed by atoms with van der Waals surface area (Å²) in [5.41, 5.74) is 9.13. The van der Waals surface area contributed by atoms with Crippen LogP contribution in [0, 0.1) is 0 Å². The Balaban J connectivity index is 2.27. The van der Waals surface area contributed by atoms with Crippen LogP contribution in [0.5, 0.6) is 0 Å². The van der Waals surface area contributed by atoms with Gasteiger partial charge in [0.2, 0.25) is 0 Å². The largest absolute Gasteiger partial charge is 0.259 e. The van der Waals surface area contributed by atoms with Crippen LogP contribution in [0.25, 0.3) is 10.4 Å². The standard InChI is InChI=1S/C10H13N3OS/c11-13-12-7-4-8-15(14)9-10-5-2-1-3-6-10/h1-3,5-6H,4,7-9H2. The number of hydrogen-bond donors (Lipinski definition) is 0. The highest BCUT2D eigenvalue weighted by atomic mass is 32.2. The average molecular weight is 223 g/mol. The SMILES string of the molecule is [N-]=[N+]=NCCCS(=O)Cc1ccccc1. The fourth-order valence-corrected chi connectivity index (χ4v) is 2.33. The Morgan fingerprint density at radius 2 is 2.07 bits per heavy atom. The normalized spacial score (nSPS) is 11.7. The third-order valence-corrected chi connectivity index (χ3v) is 3.26. The number of rotatable bonds is 6. The van der Waals surface area contributed by atoms with Gasteiger partial charge in [-0.05, 0) is 17.5 Å². The summed E-state index contributed by atoms with van der Waals surface area (Å²) in [5, 5.41) is 3.40. The fourth-order valence-electron chi connectivity index (χ4n) is 1.17. The Kier molecular flexibility index (Phi) is 5.51. The third-order valence-electron chi connectivity index (χ3n) is 1.86. The minimum Gasteiger partial charge on any atom is -0.259 e. The molecule has 0 saturated heterocycles. The molecule has 5 heteroatoms. The Morgan fingerprint density at radius 3 is 2.73 bits per heavy atom. The zero-order valence-corrected chi connectivity index (χ0v) is 9.19. The van der Waals surface area contributed by atoms with Crippen molar-refractivity contribution in [3.8, 4) is 0 Å². The third kappa shape index (κ3) is 5.20. The first-order valence-electron chi connectivity index (χ1n) is 4.72. The van der Waals surface area contributed by atoms with Crippen molar-refractivity contribution in [1.29, 1.82) is 0 Å². The molecule has 1 aromatic carbocycles. The second kappa shape index (κ2) is 7.04. The maximum atomic E-state index is 11.6. The molecular formula is C10H13N3OS. The van der Waals surface area contributed by atoms with Crippen LogP contribution >= 0.6 is 0 Å². The van der Waals surface area contributed by atoms with Gasteiger partial charge >= 0.3 is 0 Å². The maximum Gasteiger partial charge on any atom is 0.0485 e. The van der Waals surface area contributed by atoms with Crippen molar-refractivity contribution >= 4 is 10.8 Å². The molecule has 1 atom stereocenters. The number of azide groups is 1. The van der Waals surface area contributed by atoms with Crippen LogP contribution in [0.4, 0.5) is 0 Å². The molecule has 0 N–H and O–H groups in total. The predicted octanol–water partition coefficient (Wildman–Crippen LogP) is 2.64. The number of nitrogens with zero attached hydrogens (tertiary/aromatic N) is 3. The van der Waals surface area contributed by atoms with E-state index >= 15 is 0 Å². The average Bonchev–Trinajstić information content (AvgIpc) is 2.26. The summed E-state index contributed by atoms with van der Waals surface area (Å²) in [6, 6.07) is 9.74. The molecule has 0 saturated carbocycles.